The first-order valence-corrected chi connectivity index (χ1v) is 8.51. The highest BCUT2D eigenvalue weighted by Crippen LogP contribution is 2.35. The summed E-state index contributed by atoms with van der Waals surface area (Å²) in [6.07, 6.45) is 4.88. The third kappa shape index (κ3) is 4.69. The van der Waals surface area contributed by atoms with Gasteiger partial charge >= 0.3 is 6.09 Å². The van der Waals surface area contributed by atoms with Gasteiger partial charge in [0.2, 0.25) is 0 Å². The molecule has 2 fully saturated rings. The Labute approximate surface area is 137 Å². The molecule has 0 unspecified atom stereocenters. The molecule has 0 radical (unpaired) electrons. The van der Waals surface area contributed by atoms with E-state index >= 15 is 0 Å². The number of rotatable bonds is 5. The second-order valence-corrected chi connectivity index (χ2v) is 6.25. The molecule has 1 heterocycles. The van der Waals surface area contributed by atoms with Crippen molar-refractivity contribution in [3.63, 3.8) is 0 Å². The van der Waals surface area contributed by atoms with Crippen LogP contribution in [0.2, 0.25) is 0 Å². The summed E-state index contributed by atoms with van der Waals surface area (Å²) in [6.45, 7) is 1.81. The van der Waals surface area contributed by atoms with Gasteiger partial charge in [-0.05, 0) is 31.2 Å². The lowest BCUT2D eigenvalue weighted by molar-refractivity contribution is -0.179. The first-order valence-electron chi connectivity index (χ1n) is 8.51. The second-order valence-electron chi connectivity index (χ2n) is 6.25. The topological polar surface area (TPSA) is 56.8 Å². The fourth-order valence-electron chi connectivity index (χ4n) is 3.28. The third-order valence-electron chi connectivity index (χ3n) is 4.57. The Morgan fingerprint density at radius 3 is 2.57 bits per heavy atom. The van der Waals surface area contributed by atoms with Crippen LogP contribution in [0.5, 0.6) is 0 Å². The van der Waals surface area contributed by atoms with Crippen LogP contribution in [-0.2, 0) is 20.6 Å². The van der Waals surface area contributed by atoms with Crippen molar-refractivity contribution in [1.29, 1.82) is 0 Å². The van der Waals surface area contributed by atoms with Gasteiger partial charge in [-0.3, -0.25) is 0 Å². The maximum absolute atomic E-state index is 11.8. The molecule has 1 aliphatic heterocycles. The van der Waals surface area contributed by atoms with Gasteiger partial charge in [-0.25, -0.2) is 4.79 Å². The molecule has 23 heavy (non-hydrogen) atoms. The Morgan fingerprint density at radius 1 is 1.17 bits per heavy atom. The highest BCUT2D eigenvalue weighted by atomic mass is 16.7. The lowest BCUT2D eigenvalue weighted by atomic mass is 9.90. The van der Waals surface area contributed by atoms with Crippen LogP contribution >= 0.6 is 0 Å². The van der Waals surface area contributed by atoms with Gasteiger partial charge in [-0.1, -0.05) is 30.3 Å². The van der Waals surface area contributed by atoms with Crippen LogP contribution in [0.4, 0.5) is 4.79 Å². The van der Waals surface area contributed by atoms with E-state index in [1.807, 2.05) is 18.2 Å². The van der Waals surface area contributed by atoms with Gasteiger partial charge in [0.1, 0.15) is 0 Å². The maximum atomic E-state index is 11.8. The highest BCUT2D eigenvalue weighted by Gasteiger charge is 2.40. The minimum Gasteiger partial charge on any atom is -0.450 e. The van der Waals surface area contributed by atoms with Crippen molar-refractivity contribution in [2.75, 3.05) is 19.8 Å². The number of hydrogen-bond donors (Lipinski definition) is 1. The molecular formula is C18H25NO4. The normalized spacial score (nSPS) is 20.5. The monoisotopic (exact) mass is 319 g/mol. The van der Waals surface area contributed by atoms with Crippen molar-refractivity contribution >= 4 is 6.09 Å². The Balaban J connectivity index is 1.29. The molecule has 3 rings (SSSR count). The molecule has 0 atom stereocenters. The number of ether oxygens (including phenoxy) is 3. The van der Waals surface area contributed by atoms with Crippen molar-refractivity contribution in [1.82, 2.24) is 5.32 Å². The van der Waals surface area contributed by atoms with E-state index in [1.165, 1.54) is 5.56 Å². The fourth-order valence-corrected chi connectivity index (χ4v) is 3.28. The number of carbonyl (C=O) groups excluding carboxylic acids is 1. The molecule has 1 aromatic carbocycles. The summed E-state index contributed by atoms with van der Waals surface area (Å²) < 4.78 is 16.7. The number of benzene rings is 1. The largest absolute Gasteiger partial charge is 0.450 e. The zero-order valence-corrected chi connectivity index (χ0v) is 13.5. The Morgan fingerprint density at radius 2 is 1.87 bits per heavy atom. The van der Waals surface area contributed by atoms with Crippen molar-refractivity contribution in [3.05, 3.63) is 35.9 Å². The van der Waals surface area contributed by atoms with Crippen LogP contribution in [0.25, 0.3) is 0 Å². The van der Waals surface area contributed by atoms with Gasteiger partial charge in [0, 0.05) is 18.9 Å². The lowest BCUT2D eigenvalue weighted by Gasteiger charge is -2.35. The molecule has 1 aromatic rings. The van der Waals surface area contributed by atoms with E-state index in [4.69, 9.17) is 14.2 Å². The van der Waals surface area contributed by atoms with E-state index in [9.17, 15) is 4.79 Å². The summed E-state index contributed by atoms with van der Waals surface area (Å²) >= 11 is 0. The smallest absolute Gasteiger partial charge is 0.407 e. The molecule has 1 saturated heterocycles. The summed E-state index contributed by atoms with van der Waals surface area (Å²) in [5.74, 6) is -0.377. The standard InChI is InChI=1S/C18H25NO4/c20-17(21-12-4-7-15-5-2-1-3-6-15)19-16-8-10-18(11-9-16)22-13-14-23-18/h1-3,5-6,16H,4,7-14H2,(H,19,20). The molecule has 1 aliphatic carbocycles. The van der Waals surface area contributed by atoms with Gasteiger partial charge in [-0.15, -0.1) is 0 Å². The maximum Gasteiger partial charge on any atom is 0.407 e. The Kier molecular flexibility index (Phi) is 5.51. The van der Waals surface area contributed by atoms with Crippen LogP contribution < -0.4 is 5.32 Å². The zero-order chi connectivity index (χ0) is 16.0. The Bertz CT molecular complexity index is 489. The number of hydrogen-bond acceptors (Lipinski definition) is 4. The SMILES string of the molecule is O=C(NC1CCC2(CC1)OCCO2)OCCCc1ccccc1. The highest BCUT2D eigenvalue weighted by molar-refractivity contribution is 5.67. The summed E-state index contributed by atoms with van der Waals surface area (Å²) in [6, 6.07) is 10.4. The van der Waals surface area contributed by atoms with Crippen LogP contribution in [0.1, 0.15) is 37.7 Å². The van der Waals surface area contributed by atoms with Crippen LogP contribution in [0.15, 0.2) is 30.3 Å². The van der Waals surface area contributed by atoms with E-state index < -0.39 is 0 Å². The molecule has 0 aromatic heterocycles. The van der Waals surface area contributed by atoms with Crippen molar-refractivity contribution < 1.29 is 19.0 Å². The molecule has 1 spiro atoms. The summed E-state index contributed by atoms with van der Waals surface area (Å²) in [7, 11) is 0. The van der Waals surface area contributed by atoms with Crippen LogP contribution in [0.3, 0.4) is 0 Å². The van der Waals surface area contributed by atoms with E-state index in [2.05, 4.69) is 17.4 Å². The third-order valence-corrected chi connectivity index (χ3v) is 4.57. The molecular weight excluding hydrogens is 294 g/mol. The molecule has 0 bridgehead atoms. The number of aryl methyl sites for hydroxylation is 1. The van der Waals surface area contributed by atoms with Gasteiger partial charge in [-0.2, -0.15) is 0 Å². The molecule has 2 aliphatic rings. The first kappa shape index (κ1) is 16.3. The fraction of sp³-hybridized carbons (Fsp3) is 0.611. The van der Waals surface area contributed by atoms with Gasteiger partial charge < -0.3 is 19.5 Å². The predicted octanol–water partition coefficient (Wildman–Crippen LogP) is 3.03. The molecule has 5 nitrogen and oxygen atoms in total. The number of alkyl carbamates (subject to hydrolysis) is 1. The Hall–Kier alpha value is -1.59. The number of amides is 1. The molecule has 1 N–H and O–H groups in total. The van der Waals surface area contributed by atoms with E-state index in [0.29, 0.717) is 19.8 Å². The average Bonchev–Trinajstić information content (AvgIpc) is 3.03. The quantitative estimate of drug-likeness (QED) is 0.848. The molecule has 126 valence electrons. The van der Waals surface area contributed by atoms with Crippen LogP contribution in [-0.4, -0.2) is 37.7 Å². The second kappa shape index (κ2) is 7.79. The summed E-state index contributed by atoms with van der Waals surface area (Å²) in [4.78, 5) is 11.8. The summed E-state index contributed by atoms with van der Waals surface area (Å²) in [5, 5.41) is 2.95. The molecule has 1 amide bonds. The van der Waals surface area contributed by atoms with Crippen LogP contribution in [0, 0.1) is 0 Å². The van der Waals surface area contributed by atoms with E-state index in [1.54, 1.807) is 0 Å². The van der Waals surface area contributed by atoms with Crippen molar-refractivity contribution in [2.24, 2.45) is 0 Å². The van der Waals surface area contributed by atoms with E-state index in [0.717, 1.165) is 38.5 Å². The molecule has 5 heteroatoms. The van der Waals surface area contributed by atoms with Gasteiger partial charge in [0.05, 0.1) is 19.8 Å². The minimum absolute atomic E-state index is 0.162. The van der Waals surface area contributed by atoms with Gasteiger partial charge in [0.15, 0.2) is 5.79 Å². The first-order chi connectivity index (χ1) is 11.3. The lowest BCUT2D eigenvalue weighted by Crippen LogP contribution is -2.44. The van der Waals surface area contributed by atoms with Crippen molar-refractivity contribution in [2.45, 2.75) is 50.4 Å². The zero-order valence-electron chi connectivity index (χ0n) is 13.5. The predicted molar refractivity (Wildman–Crippen MR) is 86.1 cm³/mol. The summed E-state index contributed by atoms with van der Waals surface area (Å²) in [5.41, 5.74) is 1.27. The van der Waals surface area contributed by atoms with E-state index in [-0.39, 0.29) is 17.9 Å². The minimum atomic E-state index is -0.377. The van der Waals surface area contributed by atoms with Crippen molar-refractivity contribution in [3.8, 4) is 0 Å². The number of carbonyl (C=O) groups is 1. The average molecular weight is 319 g/mol. The molecule has 1 saturated carbocycles. The van der Waals surface area contributed by atoms with Gasteiger partial charge in [0.25, 0.3) is 0 Å². The number of nitrogens with one attached hydrogen (secondary N) is 1.